The molecule has 13 heavy (non-hydrogen) atoms. The Hall–Kier alpha value is -0.0400. The Labute approximate surface area is 82.3 Å². The van der Waals surface area contributed by atoms with Gasteiger partial charge in [-0.2, -0.15) is 0 Å². The van der Waals surface area contributed by atoms with Crippen molar-refractivity contribution in [3.63, 3.8) is 0 Å². The molecule has 2 saturated carbocycles. The Bertz CT molecular complexity index is 176. The van der Waals surface area contributed by atoms with Crippen molar-refractivity contribution < 1.29 is 0 Å². The van der Waals surface area contributed by atoms with Gasteiger partial charge in [0.2, 0.25) is 0 Å². The summed E-state index contributed by atoms with van der Waals surface area (Å²) in [5.41, 5.74) is 0. The Morgan fingerprint density at radius 2 is 1.92 bits per heavy atom. The predicted octanol–water partition coefficient (Wildman–Crippen LogP) is 2.81. The van der Waals surface area contributed by atoms with Crippen LogP contribution < -0.4 is 5.32 Å². The smallest absolute Gasteiger partial charge is 0.0101 e. The van der Waals surface area contributed by atoms with Crippen molar-refractivity contribution in [3.8, 4) is 0 Å². The van der Waals surface area contributed by atoms with Gasteiger partial charge in [-0.05, 0) is 37.5 Å². The zero-order valence-corrected chi connectivity index (χ0v) is 9.22. The van der Waals surface area contributed by atoms with Crippen LogP contribution in [0.5, 0.6) is 0 Å². The summed E-state index contributed by atoms with van der Waals surface area (Å²) in [7, 11) is 0. The Balaban J connectivity index is 1.80. The molecule has 1 N–H and O–H groups in total. The molecule has 0 heterocycles. The monoisotopic (exact) mass is 181 g/mol. The van der Waals surface area contributed by atoms with Gasteiger partial charge in [0.1, 0.15) is 0 Å². The highest BCUT2D eigenvalue weighted by Crippen LogP contribution is 2.49. The van der Waals surface area contributed by atoms with Crippen molar-refractivity contribution in [2.45, 2.75) is 58.5 Å². The maximum Gasteiger partial charge on any atom is 0.0101 e. The average Bonchev–Trinajstić information content (AvgIpc) is 2.83. The van der Waals surface area contributed by atoms with Crippen LogP contribution in [0.25, 0.3) is 0 Å². The fraction of sp³-hybridized carbons (Fsp3) is 1.00. The van der Waals surface area contributed by atoms with E-state index in [1.54, 1.807) is 0 Å². The molecule has 4 atom stereocenters. The SMILES string of the molecule is CC(C)C(C)NC1CCCC2CC21. The third-order valence-electron chi connectivity index (χ3n) is 4.06. The molecule has 1 heteroatoms. The van der Waals surface area contributed by atoms with E-state index in [-0.39, 0.29) is 0 Å². The van der Waals surface area contributed by atoms with Gasteiger partial charge in [0.25, 0.3) is 0 Å². The Morgan fingerprint density at radius 1 is 1.15 bits per heavy atom. The normalized spacial score (nSPS) is 40.2. The largest absolute Gasteiger partial charge is 0.311 e. The molecule has 0 bridgehead atoms. The van der Waals surface area contributed by atoms with E-state index in [0.717, 1.165) is 23.8 Å². The van der Waals surface area contributed by atoms with Crippen LogP contribution in [0.1, 0.15) is 46.5 Å². The summed E-state index contributed by atoms with van der Waals surface area (Å²) in [6.07, 6.45) is 5.92. The van der Waals surface area contributed by atoms with Gasteiger partial charge < -0.3 is 5.32 Å². The third kappa shape index (κ3) is 2.07. The van der Waals surface area contributed by atoms with Crippen molar-refractivity contribution in [2.24, 2.45) is 17.8 Å². The highest BCUT2D eigenvalue weighted by Gasteiger charge is 2.45. The van der Waals surface area contributed by atoms with Crippen molar-refractivity contribution in [3.05, 3.63) is 0 Å². The molecule has 0 aromatic carbocycles. The third-order valence-corrected chi connectivity index (χ3v) is 4.06. The number of hydrogen-bond acceptors (Lipinski definition) is 1. The first-order valence-corrected chi connectivity index (χ1v) is 5.94. The lowest BCUT2D eigenvalue weighted by Gasteiger charge is -2.28. The standard InChI is InChI=1S/C12H23N/c1-8(2)9(3)13-12-6-4-5-10-7-11(10)12/h8-13H,4-7H2,1-3H3. The number of fused-ring (bicyclic) bond motifs is 1. The zero-order chi connectivity index (χ0) is 9.42. The number of rotatable bonds is 3. The topological polar surface area (TPSA) is 12.0 Å². The van der Waals surface area contributed by atoms with E-state index in [1.807, 2.05) is 0 Å². The van der Waals surface area contributed by atoms with Crippen LogP contribution in [-0.4, -0.2) is 12.1 Å². The van der Waals surface area contributed by atoms with Crippen molar-refractivity contribution in [1.29, 1.82) is 0 Å². The minimum atomic E-state index is 0.698. The lowest BCUT2D eigenvalue weighted by atomic mass is 9.93. The first-order valence-electron chi connectivity index (χ1n) is 5.94. The van der Waals surface area contributed by atoms with Gasteiger partial charge in [-0.1, -0.05) is 26.7 Å². The fourth-order valence-electron chi connectivity index (χ4n) is 2.65. The molecule has 2 aliphatic carbocycles. The molecule has 0 radical (unpaired) electrons. The summed E-state index contributed by atoms with van der Waals surface area (Å²) < 4.78 is 0. The van der Waals surface area contributed by atoms with Crippen molar-refractivity contribution >= 4 is 0 Å². The summed E-state index contributed by atoms with van der Waals surface area (Å²) in [6.45, 7) is 6.95. The summed E-state index contributed by atoms with van der Waals surface area (Å²) in [6, 6.07) is 1.56. The first-order chi connectivity index (χ1) is 6.18. The van der Waals surface area contributed by atoms with E-state index in [9.17, 15) is 0 Å². The van der Waals surface area contributed by atoms with Crippen LogP contribution in [0.15, 0.2) is 0 Å². The second-order valence-corrected chi connectivity index (χ2v) is 5.40. The second-order valence-electron chi connectivity index (χ2n) is 5.40. The van der Waals surface area contributed by atoms with E-state index >= 15 is 0 Å². The van der Waals surface area contributed by atoms with Crippen LogP contribution in [0, 0.1) is 17.8 Å². The molecular weight excluding hydrogens is 158 g/mol. The first kappa shape index (κ1) is 9.51. The molecule has 0 aromatic rings. The van der Waals surface area contributed by atoms with Gasteiger partial charge in [0.05, 0.1) is 0 Å². The minimum Gasteiger partial charge on any atom is -0.311 e. The molecule has 0 aliphatic heterocycles. The van der Waals surface area contributed by atoms with Crippen LogP contribution in [0.3, 0.4) is 0 Å². The maximum absolute atomic E-state index is 3.81. The van der Waals surface area contributed by atoms with Gasteiger partial charge in [-0.3, -0.25) is 0 Å². The molecule has 4 unspecified atom stereocenters. The van der Waals surface area contributed by atoms with Crippen LogP contribution in [-0.2, 0) is 0 Å². The fourth-order valence-corrected chi connectivity index (χ4v) is 2.65. The molecule has 76 valence electrons. The summed E-state index contributed by atoms with van der Waals surface area (Å²) >= 11 is 0. The van der Waals surface area contributed by atoms with E-state index < -0.39 is 0 Å². The predicted molar refractivity (Wildman–Crippen MR) is 56.7 cm³/mol. The summed E-state index contributed by atoms with van der Waals surface area (Å²) in [4.78, 5) is 0. The lowest BCUT2D eigenvalue weighted by molar-refractivity contribution is 0.296. The number of hydrogen-bond donors (Lipinski definition) is 1. The van der Waals surface area contributed by atoms with Crippen LogP contribution >= 0.6 is 0 Å². The van der Waals surface area contributed by atoms with Gasteiger partial charge in [-0.25, -0.2) is 0 Å². The second kappa shape index (κ2) is 3.61. The van der Waals surface area contributed by atoms with Gasteiger partial charge >= 0.3 is 0 Å². The minimum absolute atomic E-state index is 0.698. The zero-order valence-electron chi connectivity index (χ0n) is 9.22. The van der Waals surface area contributed by atoms with E-state index in [4.69, 9.17) is 0 Å². The Morgan fingerprint density at radius 3 is 2.62 bits per heavy atom. The number of nitrogens with one attached hydrogen (secondary N) is 1. The molecule has 2 rings (SSSR count). The molecule has 0 amide bonds. The molecule has 0 spiro atoms. The molecule has 1 nitrogen and oxygen atoms in total. The van der Waals surface area contributed by atoms with Gasteiger partial charge in [-0.15, -0.1) is 0 Å². The van der Waals surface area contributed by atoms with Gasteiger partial charge in [0.15, 0.2) is 0 Å². The van der Waals surface area contributed by atoms with Crippen LogP contribution in [0.2, 0.25) is 0 Å². The van der Waals surface area contributed by atoms with E-state index in [0.29, 0.717) is 6.04 Å². The molecule has 2 aliphatic rings. The van der Waals surface area contributed by atoms with E-state index in [2.05, 4.69) is 26.1 Å². The van der Waals surface area contributed by atoms with Crippen molar-refractivity contribution in [2.75, 3.05) is 0 Å². The molecule has 0 saturated heterocycles. The highest BCUT2D eigenvalue weighted by molar-refractivity contribution is 4.99. The maximum atomic E-state index is 3.81. The van der Waals surface area contributed by atoms with Crippen molar-refractivity contribution in [1.82, 2.24) is 5.32 Å². The Kier molecular flexibility index (Phi) is 2.64. The quantitative estimate of drug-likeness (QED) is 0.706. The molecule has 0 aromatic heterocycles. The lowest BCUT2D eigenvalue weighted by Crippen LogP contribution is -2.42. The van der Waals surface area contributed by atoms with Gasteiger partial charge in [0, 0.05) is 12.1 Å². The summed E-state index contributed by atoms with van der Waals surface area (Å²) in [5, 5.41) is 3.81. The summed E-state index contributed by atoms with van der Waals surface area (Å²) in [5.74, 6) is 2.93. The molecular formula is C12H23N. The average molecular weight is 181 g/mol. The van der Waals surface area contributed by atoms with Crippen LogP contribution in [0.4, 0.5) is 0 Å². The van der Waals surface area contributed by atoms with E-state index in [1.165, 1.54) is 25.7 Å². The molecule has 2 fully saturated rings. The highest BCUT2D eigenvalue weighted by atomic mass is 15.0.